The van der Waals surface area contributed by atoms with Crippen molar-refractivity contribution in [2.24, 2.45) is 11.7 Å². The first-order chi connectivity index (χ1) is 6.49. The van der Waals surface area contributed by atoms with Gasteiger partial charge >= 0.3 is 5.97 Å². The summed E-state index contributed by atoms with van der Waals surface area (Å²) in [5.74, 6) is -0.357. The predicted octanol–water partition coefficient (Wildman–Crippen LogP) is 0.215. The van der Waals surface area contributed by atoms with Crippen LogP contribution >= 0.6 is 0 Å². The summed E-state index contributed by atoms with van der Waals surface area (Å²) in [6.07, 6.45) is 0. The number of nitrogens with two attached hydrogens (primary N) is 1. The summed E-state index contributed by atoms with van der Waals surface area (Å²) < 4.78 is 4.74. The van der Waals surface area contributed by atoms with Crippen molar-refractivity contribution in [1.29, 1.82) is 0 Å². The van der Waals surface area contributed by atoms with E-state index in [0.29, 0.717) is 12.6 Å². The molecule has 2 N–H and O–H groups in total. The molecule has 0 aliphatic carbocycles. The highest BCUT2D eigenvalue weighted by molar-refractivity contribution is 5.74. The number of nitrogens with zero attached hydrogens (tertiary/aromatic N) is 1. The molecule has 0 aromatic carbocycles. The second-order valence-corrected chi connectivity index (χ2v) is 4.24. The SMILES string of the molecule is COC(=O)C1CN(C(C)C)C(C)C1N. The summed E-state index contributed by atoms with van der Waals surface area (Å²) in [7, 11) is 1.41. The van der Waals surface area contributed by atoms with Gasteiger partial charge in [0.2, 0.25) is 0 Å². The molecule has 1 fully saturated rings. The first kappa shape index (κ1) is 11.5. The van der Waals surface area contributed by atoms with E-state index in [-0.39, 0.29) is 24.0 Å². The fourth-order valence-corrected chi connectivity index (χ4v) is 2.14. The van der Waals surface area contributed by atoms with Gasteiger partial charge in [-0.3, -0.25) is 9.69 Å². The van der Waals surface area contributed by atoms with Gasteiger partial charge < -0.3 is 10.5 Å². The van der Waals surface area contributed by atoms with E-state index in [9.17, 15) is 4.79 Å². The molecule has 1 saturated heterocycles. The van der Waals surface area contributed by atoms with E-state index in [4.69, 9.17) is 10.5 Å². The molecule has 0 bridgehead atoms. The van der Waals surface area contributed by atoms with Crippen molar-refractivity contribution >= 4 is 5.97 Å². The fourth-order valence-electron chi connectivity index (χ4n) is 2.14. The van der Waals surface area contributed by atoms with Crippen LogP contribution < -0.4 is 5.73 Å². The molecular formula is C10H20N2O2. The van der Waals surface area contributed by atoms with Gasteiger partial charge in [-0.25, -0.2) is 0 Å². The minimum absolute atomic E-state index is 0.107. The molecule has 0 aromatic rings. The zero-order valence-corrected chi connectivity index (χ0v) is 9.36. The lowest BCUT2D eigenvalue weighted by molar-refractivity contribution is -0.145. The number of rotatable bonds is 2. The Morgan fingerprint density at radius 2 is 2.14 bits per heavy atom. The molecule has 4 heteroatoms. The highest BCUT2D eigenvalue weighted by Crippen LogP contribution is 2.24. The van der Waals surface area contributed by atoms with Crippen LogP contribution in [-0.2, 0) is 9.53 Å². The molecule has 1 aliphatic rings. The van der Waals surface area contributed by atoms with Crippen LogP contribution in [0.4, 0.5) is 0 Å². The van der Waals surface area contributed by atoms with Crippen LogP contribution in [0.5, 0.6) is 0 Å². The topological polar surface area (TPSA) is 55.6 Å². The molecule has 3 atom stereocenters. The maximum absolute atomic E-state index is 11.4. The third kappa shape index (κ3) is 1.91. The van der Waals surface area contributed by atoms with Crippen molar-refractivity contribution in [3.63, 3.8) is 0 Å². The zero-order chi connectivity index (χ0) is 10.9. The molecule has 0 spiro atoms. The van der Waals surface area contributed by atoms with Gasteiger partial charge in [0.1, 0.15) is 0 Å². The zero-order valence-electron chi connectivity index (χ0n) is 9.36. The molecule has 0 aromatic heterocycles. The van der Waals surface area contributed by atoms with Crippen LogP contribution in [0.1, 0.15) is 20.8 Å². The molecule has 4 nitrogen and oxygen atoms in total. The van der Waals surface area contributed by atoms with Crippen molar-refractivity contribution in [1.82, 2.24) is 4.90 Å². The van der Waals surface area contributed by atoms with E-state index in [1.54, 1.807) is 0 Å². The number of carbonyl (C=O) groups is 1. The first-order valence-electron chi connectivity index (χ1n) is 5.08. The number of carbonyl (C=O) groups excluding carboxylic acids is 1. The Bertz CT molecular complexity index is 218. The van der Waals surface area contributed by atoms with Crippen LogP contribution in [0, 0.1) is 5.92 Å². The quantitative estimate of drug-likeness (QED) is 0.648. The van der Waals surface area contributed by atoms with E-state index in [2.05, 4.69) is 25.7 Å². The van der Waals surface area contributed by atoms with Crippen LogP contribution in [0.15, 0.2) is 0 Å². The van der Waals surface area contributed by atoms with Crippen LogP contribution in [0.2, 0.25) is 0 Å². The number of ether oxygens (including phenoxy) is 1. The standard InChI is InChI=1S/C10H20N2O2/c1-6(2)12-5-8(10(13)14-4)9(11)7(12)3/h6-9H,5,11H2,1-4H3. The molecule has 0 amide bonds. The van der Waals surface area contributed by atoms with E-state index in [1.165, 1.54) is 7.11 Å². The summed E-state index contributed by atoms with van der Waals surface area (Å²) in [5.41, 5.74) is 5.98. The van der Waals surface area contributed by atoms with Crippen molar-refractivity contribution in [2.45, 2.75) is 38.9 Å². The number of hydrogen-bond donors (Lipinski definition) is 1. The van der Waals surface area contributed by atoms with Crippen LogP contribution in [-0.4, -0.2) is 42.6 Å². The molecular weight excluding hydrogens is 180 g/mol. The van der Waals surface area contributed by atoms with Crippen LogP contribution in [0.3, 0.4) is 0 Å². The number of likely N-dealkylation sites (tertiary alicyclic amines) is 1. The monoisotopic (exact) mass is 200 g/mol. The minimum Gasteiger partial charge on any atom is -0.469 e. The number of methoxy groups -OCH3 is 1. The Balaban J connectivity index is 2.71. The highest BCUT2D eigenvalue weighted by Gasteiger charge is 2.42. The van der Waals surface area contributed by atoms with E-state index in [1.807, 2.05) is 0 Å². The second kappa shape index (κ2) is 4.28. The number of hydrogen-bond acceptors (Lipinski definition) is 4. The van der Waals surface area contributed by atoms with E-state index in [0.717, 1.165) is 0 Å². The fraction of sp³-hybridized carbons (Fsp3) is 0.900. The molecule has 82 valence electrons. The van der Waals surface area contributed by atoms with Crippen molar-refractivity contribution in [3.05, 3.63) is 0 Å². The van der Waals surface area contributed by atoms with Gasteiger partial charge in [0.05, 0.1) is 13.0 Å². The van der Waals surface area contributed by atoms with Gasteiger partial charge in [-0.15, -0.1) is 0 Å². The summed E-state index contributed by atoms with van der Waals surface area (Å²) >= 11 is 0. The number of esters is 1. The van der Waals surface area contributed by atoms with Gasteiger partial charge in [0, 0.05) is 24.7 Å². The Labute approximate surface area is 85.4 Å². The molecule has 1 rings (SSSR count). The Kier molecular flexibility index (Phi) is 3.50. The maximum atomic E-state index is 11.4. The van der Waals surface area contributed by atoms with Gasteiger partial charge in [-0.05, 0) is 20.8 Å². The maximum Gasteiger partial charge on any atom is 0.311 e. The Morgan fingerprint density at radius 3 is 2.50 bits per heavy atom. The molecule has 0 radical (unpaired) electrons. The lowest BCUT2D eigenvalue weighted by Gasteiger charge is -2.26. The highest BCUT2D eigenvalue weighted by atomic mass is 16.5. The Hall–Kier alpha value is -0.610. The smallest absolute Gasteiger partial charge is 0.311 e. The average molecular weight is 200 g/mol. The largest absolute Gasteiger partial charge is 0.469 e. The van der Waals surface area contributed by atoms with Gasteiger partial charge in [0.15, 0.2) is 0 Å². The molecule has 0 saturated carbocycles. The van der Waals surface area contributed by atoms with Gasteiger partial charge in [-0.1, -0.05) is 0 Å². The van der Waals surface area contributed by atoms with Crippen molar-refractivity contribution < 1.29 is 9.53 Å². The third-order valence-corrected chi connectivity index (χ3v) is 3.12. The van der Waals surface area contributed by atoms with Crippen LogP contribution in [0.25, 0.3) is 0 Å². The van der Waals surface area contributed by atoms with E-state index >= 15 is 0 Å². The lowest BCUT2D eigenvalue weighted by atomic mass is 10.0. The molecule has 1 aliphatic heterocycles. The normalized spacial score (nSPS) is 33.7. The summed E-state index contributed by atoms with van der Waals surface area (Å²) in [6.45, 7) is 7.01. The summed E-state index contributed by atoms with van der Waals surface area (Å²) in [5, 5.41) is 0. The van der Waals surface area contributed by atoms with Crippen molar-refractivity contribution in [2.75, 3.05) is 13.7 Å². The van der Waals surface area contributed by atoms with Gasteiger partial charge in [-0.2, -0.15) is 0 Å². The summed E-state index contributed by atoms with van der Waals surface area (Å²) in [6, 6.07) is 0.564. The lowest BCUT2D eigenvalue weighted by Crippen LogP contribution is -2.42. The van der Waals surface area contributed by atoms with Crippen molar-refractivity contribution in [3.8, 4) is 0 Å². The van der Waals surface area contributed by atoms with Gasteiger partial charge in [0.25, 0.3) is 0 Å². The van der Waals surface area contributed by atoms with E-state index < -0.39 is 0 Å². The predicted molar refractivity (Wildman–Crippen MR) is 54.8 cm³/mol. The summed E-state index contributed by atoms with van der Waals surface area (Å²) in [4.78, 5) is 13.7. The Morgan fingerprint density at radius 1 is 1.57 bits per heavy atom. The molecule has 3 unspecified atom stereocenters. The second-order valence-electron chi connectivity index (χ2n) is 4.24. The molecule has 14 heavy (non-hydrogen) atoms. The first-order valence-corrected chi connectivity index (χ1v) is 5.08. The average Bonchev–Trinajstić information content (AvgIpc) is 2.43. The third-order valence-electron chi connectivity index (χ3n) is 3.12. The minimum atomic E-state index is -0.187. The molecule has 1 heterocycles.